The summed E-state index contributed by atoms with van der Waals surface area (Å²) >= 11 is 0. The van der Waals surface area contributed by atoms with Gasteiger partial charge in [-0.2, -0.15) is 0 Å². The van der Waals surface area contributed by atoms with Gasteiger partial charge in [-0.05, 0) is 62.1 Å². The summed E-state index contributed by atoms with van der Waals surface area (Å²) in [7, 11) is 0. The van der Waals surface area contributed by atoms with E-state index in [1.807, 2.05) is 12.1 Å². The first-order valence-electron chi connectivity index (χ1n) is 9.89. The van der Waals surface area contributed by atoms with Crippen molar-refractivity contribution in [3.8, 4) is 0 Å². The summed E-state index contributed by atoms with van der Waals surface area (Å²) in [5, 5.41) is 9.75. The van der Waals surface area contributed by atoms with Gasteiger partial charge in [0.1, 0.15) is 11.6 Å². The topological polar surface area (TPSA) is 83.3 Å². The van der Waals surface area contributed by atoms with Crippen LogP contribution in [-0.4, -0.2) is 29.1 Å². The van der Waals surface area contributed by atoms with Gasteiger partial charge in [-0.1, -0.05) is 12.1 Å². The minimum absolute atomic E-state index is 0.265. The van der Waals surface area contributed by atoms with Crippen LogP contribution in [0.15, 0.2) is 53.2 Å². The van der Waals surface area contributed by atoms with Crippen molar-refractivity contribution in [2.24, 2.45) is 5.92 Å². The molecule has 0 radical (unpaired) electrons. The van der Waals surface area contributed by atoms with Crippen LogP contribution in [0.4, 0.5) is 23.0 Å². The van der Waals surface area contributed by atoms with Crippen molar-refractivity contribution in [1.82, 2.24) is 10.1 Å². The van der Waals surface area contributed by atoms with Crippen molar-refractivity contribution in [1.29, 1.82) is 0 Å². The third kappa shape index (κ3) is 4.74. The molecular formula is C22H25N5O2. The number of nitrogens with zero attached hydrogens (tertiary/aromatic N) is 3. The lowest BCUT2D eigenvalue weighted by Crippen LogP contribution is -2.32. The van der Waals surface area contributed by atoms with E-state index in [4.69, 9.17) is 4.52 Å². The fourth-order valence-electron chi connectivity index (χ4n) is 3.42. The maximum atomic E-state index is 12.4. The number of hydrogen-bond acceptors (Lipinski definition) is 6. The van der Waals surface area contributed by atoms with E-state index in [0.717, 1.165) is 24.7 Å². The van der Waals surface area contributed by atoms with Gasteiger partial charge >= 0.3 is 0 Å². The smallest absolute Gasteiger partial charge is 0.257 e. The number of hydrogen-bond donors (Lipinski definition) is 2. The maximum absolute atomic E-state index is 12.4. The van der Waals surface area contributed by atoms with E-state index in [-0.39, 0.29) is 5.91 Å². The molecule has 1 saturated heterocycles. The van der Waals surface area contributed by atoms with E-state index in [1.165, 1.54) is 18.5 Å². The van der Waals surface area contributed by atoms with Gasteiger partial charge in [0.05, 0.1) is 0 Å². The summed E-state index contributed by atoms with van der Waals surface area (Å²) in [5.41, 5.74) is 2.66. The lowest BCUT2D eigenvalue weighted by atomic mass is 9.99. The van der Waals surface area contributed by atoms with Crippen LogP contribution in [0.3, 0.4) is 0 Å². The molecular weight excluding hydrogens is 366 g/mol. The number of aryl methyl sites for hydroxylation is 1. The Labute approximate surface area is 170 Å². The molecule has 4 rings (SSSR count). The Morgan fingerprint density at radius 1 is 1.10 bits per heavy atom. The minimum atomic E-state index is -0.265. The molecule has 0 spiro atoms. The van der Waals surface area contributed by atoms with E-state index < -0.39 is 0 Å². The molecule has 7 nitrogen and oxygen atoms in total. The second kappa shape index (κ2) is 8.34. The minimum Gasteiger partial charge on any atom is -0.372 e. The normalized spacial score (nSPS) is 14.6. The zero-order valence-electron chi connectivity index (χ0n) is 16.7. The number of carbonyl (C=O) groups excluding carboxylic acids is 1. The summed E-state index contributed by atoms with van der Waals surface area (Å²) in [5.74, 6) is 2.18. The lowest BCUT2D eigenvalue weighted by molar-refractivity contribution is 0.102. The van der Waals surface area contributed by atoms with Crippen molar-refractivity contribution >= 4 is 28.9 Å². The molecule has 0 unspecified atom stereocenters. The third-order valence-electron chi connectivity index (χ3n) is 5.18. The summed E-state index contributed by atoms with van der Waals surface area (Å²) in [6.45, 7) is 6.31. The summed E-state index contributed by atoms with van der Waals surface area (Å²) in [4.78, 5) is 19.2. The van der Waals surface area contributed by atoms with Crippen molar-refractivity contribution in [2.45, 2.75) is 26.7 Å². The molecule has 0 aliphatic carbocycles. The molecule has 150 valence electrons. The van der Waals surface area contributed by atoms with Crippen molar-refractivity contribution in [3.05, 3.63) is 60.0 Å². The van der Waals surface area contributed by atoms with E-state index >= 15 is 0 Å². The molecule has 3 heterocycles. The van der Waals surface area contributed by atoms with Gasteiger partial charge < -0.3 is 20.1 Å². The largest absolute Gasteiger partial charge is 0.372 e. The standard InChI is InChI=1S/C22H25N5O2/c1-15-8-11-27(12-9-15)19-5-3-18(4-6-19)24-20-14-17(7-10-23-20)22(28)25-21-13-16(2)29-26-21/h3-7,10,13-15H,8-9,11-12H2,1-2H3,(H,23,24)(H,25,26,28). The maximum Gasteiger partial charge on any atom is 0.257 e. The summed E-state index contributed by atoms with van der Waals surface area (Å²) in [6.07, 6.45) is 4.09. The van der Waals surface area contributed by atoms with Crippen LogP contribution in [0, 0.1) is 12.8 Å². The van der Waals surface area contributed by atoms with Crippen LogP contribution < -0.4 is 15.5 Å². The van der Waals surface area contributed by atoms with E-state index in [0.29, 0.717) is 23.0 Å². The molecule has 1 fully saturated rings. The Balaban J connectivity index is 1.40. The van der Waals surface area contributed by atoms with Crippen LogP contribution >= 0.6 is 0 Å². The van der Waals surface area contributed by atoms with E-state index in [1.54, 1.807) is 31.3 Å². The summed E-state index contributed by atoms with van der Waals surface area (Å²) < 4.78 is 4.97. The first-order chi connectivity index (χ1) is 14.1. The number of piperidine rings is 1. The van der Waals surface area contributed by atoms with Gasteiger partial charge in [-0.3, -0.25) is 4.79 Å². The lowest BCUT2D eigenvalue weighted by Gasteiger charge is -2.32. The Kier molecular flexibility index (Phi) is 5.46. The molecule has 1 amide bonds. The van der Waals surface area contributed by atoms with Gasteiger partial charge in [0.15, 0.2) is 5.82 Å². The molecule has 0 bridgehead atoms. The molecule has 2 aromatic heterocycles. The van der Waals surface area contributed by atoms with Crippen molar-refractivity contribution in [3.63, 3.8) is 0 Å². The Morgan fingerprint density at radius 3 is 2.55 bits per heavy atom. The molecule has 0 saturated carbocycles. The monoisotopic (exact) mass is 391 g/mol. The fourth-order valence-corrected chi connectivity index (χ4v) is 3.42. The number of pyridine rings is 1. The zero-order valence-corrected chi connectivity index (χ0v) is 16.7. The fraction of sp³-hybridized carbons (Fsp3) is 0.318. The van der Waals surface area contributed by atoms with Gasteiger partial charge in [0.2, 0.25) is 0 Å². The highest BCUT2D eigenvalue weighted by molar-refractivity contribution is 6.04. The molecule has 1 aliphatic rings. The number of aromatic nitrogens is 2. The molecule has 1 aromatic carbocycles. The van der Waals surface area contributed by atoms with Crippen LogP contribution in [0.5, 0.6) is 0 Å². The van der Waals surface area contributed by atoms with Crippen LogP contribution in [-0.2, 0) is 0 Å². The van der Waals surface area contributed by atoms with Gasteiger partial charge in [-0.25, -0.2) is 4.98 Å². The first kappa shape index (κ1) is 19.0. The summed E-state index contributed by atoms with van der Waals surface area (Å²) in [6, 6.07) is 13.4. The van der Waals surface area contributed by atoms with Crippen LogP contribution in [0.25, 0.3) is 0 Å². The number of anilines is 4. The zero-order chi connectivity index (χ0) is 20.2. The molecule has 0 atom stereocenters. The Hall–Kier alpha value is -3.35. The quantitative estimate of drug-likeness (QED) is 0.661. The van der Waals surface area contributed by atoms with Gasteiger partial charge in [0.25, 0.3) is 5.91 Å². The van der Waals surface area contributed by atoms with Gasteiger partial charge in [-0.15, -0.1) is 0 Å². The first-order valence-corrected chi connectivity index (χ1v) is 9.89. The number of carbonyl (C=O) groups is 1. The average molecular weight is 391 g/mol. The molecule has 7 heteroatoms. The van der Waals surface area contributed by atoms with Crippen LogP contribution in [0.1, 0.15) is 35.9 Å². The number of benzene rings is 1. The molecule has 1 aliphatic heterocycles. The van der Waals surface area contributed by atoms with E-state index in [9.17, 15) is 4.79 Å². The third-order valence-corrected chi connectivity index (χ3v) is 5.18. The number of amides is 1. The SMILES string of the molecule is Cc1cc(NC(=O)c2ccnc(Nc3ccc(N4CCC(C)CC4)cc3)c2)no1. The predicted molar refractivity (Wildman–Crippen MR) is 114 cm³/mol. The highest BCUT2D eigenvalue weighted by Gasteiger charge is 2.16. The number of rotatable bonds is 5. The van der Waals surface area contributed by atoms with Crippen LogP contribution in [0.2, 0.25) is 0 Å². The highest BCUT2D eigenvalue weighted by Crippen LogP contribution is 2.25. The van der Waals surface area contributed by atoms with Crippen molar-refractivity contribution < 1.29 is 9.32 Å². The molecule has 3 aromatic rings. The molecule has 29 heavy (non-hydrogen) atoms. The Morgan fingerprint density at radius 2 is 1.86 bits per heavy atom. The Bertz CT molecular complexity index is 975. The highest BCUT2D eigenvalue weighted by atomic mass is 16.5. The van der Waals surface area contributed by atoms with E-state index in [2.05, 4.69) is 44.7 Å². The predicted octanol–water partition coefficient (Wildman–Crippen LogP) is 4.61. The van der Waals surface area contributed by atoms with Gasteiger partial charge in [0, 0.05) is 42.3 Å². The molecule has 2 N–H and O–H groups in total. The average Bonchev–Trinajstić information content (AvgIpc) is 3.14. The second-order valence-electron chi connectivity index (χ2n) is 7.55. The number of nitrogens with one attached hydrogen (secondary N) is 2. The van der Waals surface area contributed by atoms with Crippen molar-refractivity contribution in [2.75, 3.05) is 28.6 Å². The second-order valence-corrected chi connectivity index (χ2v) is 7.55.